The monoisotopic (exact) mass is 186 g/mol. The van der Waals surface area contributed by atoms with Crippen molar-refractivity contribution in [3.63, 3.8) is 0 Å². The number of hydrogen-bond donors (Lipinski definition) is 1. The molecule has 1 aromatic heterocycles. The fraction of sp³-hybridized carbons (Fsp3) is 0. The molecule has 0 aliphatic carbocycles. The van der Waals surface area contributed by atoms with Crippen LogP contribution < -0.4 is 5.69 Å². The van der Waals surface area contributed by atoms with E-state index >= 15 is 0 Å². The van der Waals surface area contributed by atoms with Gasteiger partial charge in [0.15, 0.2) is 0 Å². The first-order valence-corrected chi connectivity index (χ1v) is 3.88. The maximum absolute atomic E-state index is 11.2. The second-order valence-corrected chi connectivity index (χ2v) is 2.61. The van der Waals surface area contributed by atoms with Crippen LogP contribution in [0.2, 0.25) is 0 Å². The van der Waals surface area contributed by atoms with Crippen molar-refractivity contribution in [1.29, 1.82) is 0 Å². The number of nitrogens with zero attached hydrogens (tertiary/aromatic N) is 3. The average Bonchev–Trinajstić information content (AvgIpc) is 2.65. The van der Waals surface area contributed by atoms with Gasteiger partial charge in [0, 0.05) is 5.56 Å². The Morgan fingerprint density at radius 1 is 1.50 bits per heavy atom. The zero-order valence-corrected chi connectivity index (χ0v) is 7.14. The number of terminal acetylenes is 1. The molecule has 14 heavy (non-hydrogen) atoms. The molecular weight excluding hydrogens is 180 g/mol. The summed E-state index contributed by atoms with van der Waals surface area (Å²) in [6.07, 6.45) is 5.23. The molecule has 2 rings (SSSR count). The zero-order chi connectivity index (χ0) is 9.97. The van der Waals surface area contributed by atoms with Crippen molar-refractivity contribution in [1.82, 2.24) is 20.2 Å². The van der Waals surface area contributed by atoms with Gasteiger partial charge in [0.25, 0.3) is 0 Å². The Labute approximate surface area is 79.4 Å². The third-order valence-corrected chi connectivity index (χ3v) is 1.73. The van der Waals surface area contributed by atoms with Crippen LogP contribution in [0.25, 0.3) is 5.69 Å². The van der Waals surface area contributed by atoms with Gasteiger partial charge in [0.05, 0.1) is 5.69 Å². The van der Waals surface area contributed by atoms with Crippen LogP contribution in [0.15, 0.2) is 29.1 Å². The number of hydrogen-bond acceptors (Lipinski definition) is 3. The van der Waals surface area contributed by atoms with E-state index in [0.717, 1.165) is 4.68 Å². The van der Waals surface area contributed by atoms with E-state index in [1.54, 1.807) is 24.3 Å². The van der Waals surface area contributed by atoms with Gasteiger partial charge in [0.1, 0.15) is 0 Å². The number of aromatic amines is 1. The van der Waals surface area contributed by atoms with Crippen LogP contribution in [-0.4, -0.2) is 20.2 Å². The topological polar surface area (TPSA) is 63.6 Å². The molecule has 0 fully saturated rings. The van der Waals surface area contributed by atoms with Crippen molar-refractivity contribution < 1.29 is 0 Å². The van der Waals surface area contributed by atoms with Gasteiger partial charge in [-0.3, -0.25) is 0 Å². The van der Waals surface area contributed by atoms with E-state index < -0.39 is 0 Å². The lowest BCUT2D eigenvalue weighted by atomic mass is 10.2. The highest BCUT2D eigenvalue weighted by Crippen LogP contribution is 2.05. The first-order valence-electron chi connectivity index (χ1n) is 3.88. The maximum atomic E-state index is 11.2. The number of nitrogens with one attached hydrogen (secondary N) is 1. The minimum Gasteiger partial charge on any atom is -0.244 e. The Kier molecular flexibility index (Phi) is 1.88. The molecule has 0 unspecified atom stereocenters. The van der Waals surface area contributed by atoms with Crippen LogP contribution in [0.5, 0.6) is 0 Å². The highest BCUT2D eigenvalue weighted by molar-refractivity contribution is 5.41. The van der Waals surface area contributed by atoms with Gasteiger partial charge in [0.2, 0.25) is 0 Å². The summed E-state index contributed by atoms with van der Waals surface area (Å²) in [4.78, 5) is 11.2. The molecule has 2 aromatic rings. The number of H-pyrrole nitrogens is 1. The van der Waals surface area contributed by atoms with Gasteiger partial charge in [-0.05, 0) is 28.6 Å². The number of aromatic nitrogens is 4. The highest BCUT2D eigenvalue weighted by Gasteiger charge is 2.01. The Bertz CT molecular complexity index is 546. The second-order valence-electron chi connectivity index (χ2n) is 2.61. The lowest BCUT2D eigenvalue weighted by Crippen LogP contribution is -2.15. The molecule has 1 aromatic carbocycles. The molecule has 0 saturated heterocycles. The van der Waals surface area contributed by atoms with E-state index in [0.29, 0.717) is 11.3 Å². The standard InChI is InChI=1S/C9H6N4O/c1-2-7-4-3-5-8(6-7)13-9(14)10-11-12-13/h1,3-6H,(H,10,12,14). The summed E-state index contributed by atoms with van der Waals surface area (Å²) in [5.41, 5.74) is 0.899. The van der Waals surface area contributed by atoms with Gasteiger partial charge >= 0.3 is 5.69 Å². The van der Waals surface area contributed by atoms with E-state index in [1.165, 1.54) is 0 Å². The Hall–Kier alpha value is -2.35. The van der Waals surface area contributed by atoms with E-state index in [-0.39, 0.29) is 5.69 Å². The summed E-state index contributed by atoms with van der Waals surface area (Å²) in [5, 5.41) is 9.17. The van der Waals surface area contributed by atoms with E-state index in [2.05, 4.69) is 21.4 Å². The van der Waals surface area contributed by atoms with Crippen molar-refractivity contribution in [2.75, 3.05) is 0 Å². The van der Waals surface area contributed by atoms with Crippen molar-refractivity contribution >= 4 is 0 Å². The van der Waals surface area contributed by atoms with Gasteiger partial charge < -0.3 is 0 Å². The van der Waals surface area contributed by atoms with Crippen LogP contribution in [0.3, 0.4) is 0 Å². The third kappa shape index (κ3) is 1.29. The third-order valence-electron chi connectivity index (χ3n) is 1.73. The first kappa shape index (κ1) is 8.26. The zero-order valence-electron chi connectivity index (χ0n) is 7.14. The summed E-state index contributed by atoms with van der Waals surface area (Å²) >= 11 is 0. The molecule has 0 aliphatic rings. The second kappa shape index (κ2) is 3.18. The highest BCUT2D eigenvalue weighted by atomic mass is 16.2. The largest absolute Gasteiger partial charge is 0.365 e. The fourth-order valence-electron chi connectivity index (χ4n) is 1.09. The molecular formula is C9H6N4O. The molecule has 0 saturated carbocycles. The fourth-order valence-corrected chi connectivity index (χ4v) is 1.09. The molecule has 0 atom stereocenters. The number of rotatable bonds is 1. The lowest BCUT2D eigenvalue weighted by molar-refractivity contribution is 0.779. The summed E-state index contributed by atoms with van der Waals surface area (Å²) in [5.74, 6) is 2.47. The summed E-state index contributed by atoms with van der Waals surface area (Å²) < 4.78 is 1.14. The molecule has 0 aliphatic heterocycles. The lowest BCUT2D eigenvalue weighted by Gasteiger charge is -1.97. The van der Waals surface area contributed by atoms with Crippen molar-refractivity contribution in [3.8, 4) is 18.0 Å². The summed E-state index contributed by atoms with van der Waals surface area (Å²) in [6.45, 7) is 0. The maximum Gasteiger partial charge on any atom is 0.365 e. The quantitative estimate of drug-likeness (QED) is 0.634. The smallest absolute Gasteiger partial charge is 0.244 e. The SMILES string of the molecule is C#Cc1cccc(-n2nn[nH]c2=O)c1. The number of tetrazole rings is 1. The van der Waals surface area contributed by atoms with Crippen LogP contribution in [0.4, 0.5) is 0 Å². The molecule has 0 radical (unpaired) electrons. The van der Waals surface area contributed by atoms with Crippen molar-refractivity contribution in [2.45, 2.75) is 0 Å². The van der Waals surface area contributed by atoms with Crippen molar-refractivity contribution in [2.24, 2.45) is 0 Å². The van der Waals surface area contributed by atoms with Gasteiger partial charge in [-0.25, -0.2) is 9.89 Å². The predicted octanol–water partition coefficient (Wildman–Crippen LogP) is -0.0631. The summed E-state index contributed by atoms with van der Waals surface area (Å²) in [6, 6.07) is 6.94. The van der Waals surface area contributed by atoms with Crippen molar-refractivity contribution in [3.05, 3.63) is 40.3 Å². The minimum atomic E-state index is -0.390. The molecule has 5 nitrogen and oxygen atoms in total. The first-order chi connectivity index (χ1) is 6.81. The van der Waals surface area contributed by atoms with Crippen LogP contribution in [-0.2, 0) is 0 Å². The molecule has 0 bridgehead atoms. The van der Waals surface area contributed by atoms with Crippen LogP contribution >= 0.6 is 0 Å². The predicted molar refractivity (Wildman–Crippen MR) is 49.9 cm³/mol. The van der Waals surface area contributed by atoms with Gasteiger partial charge in [-0.15, -0.1) is 6.42 Å². The summed E-state index contributed by atoms with van der Waals surface area (Å²) in [7, 11) is 0. The molecule has 5 heteroatoms. The van der Waals surface area contributed by atoms with Gasteiger partial charge in [-0.2, -0.15) is 4.68 Å². The van der Waals surface area contributed by atoms with E-state index in [9.17, 15) is 4.79 Å². The molecule has 1 N–H and O–H groups in total. The Balaban J connectivity index is 2.59. The van der Waals surface area contributed by atoms with E-state index in [1.807, 2.05) is 0 Å². The van der Waals surface area contributed by atoms with Crippen LogP contribution in [0.1, 0.15) is 5.56 Å². The number of benzene rings is 1. The van der Waals surface area contributed by atoms with E-state index in [4.69, 9.17) is 6.42 Å². The normalized spacial score (nSPS) is 9.64. The molecule has 0 spiro atoms. The Morgan fingerprint density at radius 2 is 2.36 bits per heavy atom. The minimum absolute atomic E-state index is 0.390. The Morgan fingerprint density at radius 3 is 3.00 bits per heavy atom. The molecule has 68 valence electrons. The van der Waals surface area contributed by atoms with Crippen LogP contribution in [0, 0.1) is 12.3 Å². The average molecular weight is 186 g/mol. The molecule has 1 heterocycles. The van der Waals surface area contributed by atoms with Gasteiger partial charge in [-0.1, -0.05) is 12.0 Å². The molecule has 0 amide bonds.